The molecule has 0 aliphatic carbocycles. The summed E-state index contributed by atoms with van der Waals surface area (Å²) in [6.07, 6.45) is 7.02. The largest absolute Gasteiger partial charge is 0.324 e. The summed E-state index contributed by atoms with van der Waals surface area (Å²) < 4.78 is 2.07. The minimum atomic E-state index is 0. The maximum atomic E-state index is 4.78. The molecule has 7 nitrogen and oxygen atoms in total. The fraction of sp³-hybridized carbons (Fsp3) is 0.450. The SMILES string of the molecule is CN1CCc2ccc(Nc3ncc4cnn(C5CCNCC5)c4n3)cc2C1.Cl. The van der Waals surface area contributed by atoms with Crippen molar-refractivity contribution >= 4 is 35.1 Å². The first-order valence-electron chi connectivity index (χ1n) is 9.74. The van der Waals surface area contributed by atoms with Gasteiger partial charge in [-0.2, -0.15) is 10.1 Å². The number of aromatic nitrogens is 4. The quantitative estimate of drug-likeness (QED) is 0.705. The second kappa shape index (κ2) is 8.03. The fourth-order valence-corrected chi connectivity index (χ4v) is 4.12. The number of fused-ring (bicyclic) bond motifs is 2. The van der Waals surface area contributed by atoms with E-state index in [2.05, 4.69) is 55.5 Å². The molecule has 0 bridgehead atoms. The van der Waals surface area contributed by atoms with Gasteiger partial charge < -0.3 is 15.5 Å². The van der Waals surface area contributed by atoms with Crippen molar-refractivity contribution in [2.45, 2.75) is 31.8 Å². The molecule has 0 radical (unpaired) electrons. The molecule has 148 valence electrons. The molecule has 5 rings (SSSR count). The second-order valence-electron chi connectivity index (χ2n) is 7.64. The Morgan fingerprint density at radius 2 is 2.00 bits per heavy atom. The molecule has 0 spiro atoms. The molecule has 8 heteroatoms. The van der Waals surface area contributed by atoms with Crippen molar-refractivity contribution in [3.05, 3.63) is 41.7 Å². The molecule has 0 unspecified atom stereocenters. The number of halogens is 1. The topological polar surface area (TPSA) is 70.9 Å². The van der Waals surface area contributed by atoms with Crippen molar-refractivity contribution in [2.24, 2.45) is 0 Å². The molecule has 28 heavy (non-hydrogen) atoms. The number of rotatable bonds is 3. The van der Waals surface area contributed by atoms with Crippen molar-refractivity contribution in [1.29, 1.82) is 0 Å². The van der Waals surface area contributed by atoms with Crippen LogP contribution in [0.1, 0.15) is 30.0 Å². The maximum absolute atomic E-state index is 4.78. The first-order valence-corrected chi connectivity index (χ1v) is 9.74. The Bertz CT molecular complexity index is 964. The first kappa shape index (κ1) is 19.1. The molecule has 1 aromatic carbocycles. The molecular weight excluding hydrogens is 374 g/mol. The zero-order chi connectivity index (χ0) is 18.2. The third-order valence-electron chi connectivity index (χ3n) is 5.65. The third kappa shape index (κ3) is 3.70. The van der Waals surface area contributed by atoms with Gasteiger partial charge in [0.25, 0.3) is 0 Å². The second-order valence-corrected chi connectivity index (χ2v) is 7.64. The summed E-state index contributed by atoms with van der Waals surface area (Å²) >= 11 is 0. The Morgan fingerprint density at radius 3 is 2.86 bits per heavy atom. The third-order valence-corrected chi connectivity index (χ3v) is 5.65. The van der Waals surface area contributed by atoms with E-state index in [-0.39, 0.29) is 12.4 Å². The Balaban J connectivity index is 0.00000192. The lowest BCUT2D eigenvalue weighted by Crippen LogP contribution is -2.30. The molecule has 2 aliphatic rings. The van der Waals surface area contributed by atoms with Crippen LogP contribution in [0.3, 0.4) is 0 Å². The van der Waals surface area contributed by atoms with E-state index < -0.39 is 0 Å². The van der Waals surface area contributed by atoms with Gasteiger partial charge >= 0.3 is 0 Å². The van der Waals surface area contributed by atoms with Gasteiger partial charge in [0.1, 0.15) is 0 Å². The molecule has 2 aliphatic heterocycles. The summed E-state index contributed by atoms with van der Waals surface area (Å²) in [6, 6.07) is 6.98. The number of hydrogen-bond acceptors (Lipinski definition) is 6. The van der Waals surface area contributed by atoms with Crippen LogP contribution in [-0.4, -0.2) is 51.3 Å². The fourth-order valence-electron chi connectivity index (χ4n) is 4.12. The number of likely N-dealkylation sites (N-methyl/N-ethyl adjacent to an activating group) is 1. The van der Waals surface area contributed by atoms with Crippen LogP contribution < -0.4 is 10.6 Å². The number of nitrogens with zero attached hydrogens (tertiary/aromatic N) is 5. The highest BCUT2D eigenvalue weighted by Crippen LogP contribution is 2.25. The minimum absolute atomic E-state index is 0. The van der Waals surface area contributed by atoms with Crippen LogP contribution in [0.15, 0.2) is 30.6 Å². The monoisotopic (exact) mass is 399 g/mol. The molecule has 1 fully saturated rings. The smallest absolute Gasteiger partial charge is 0.229 e. The van der Waals surface area contributed by atoms with Crippen LogP contribution >= 0.6 is 12.4 Å². The van der Waals surface area contributed by atoms with Crippen LogP contribution in [0.2, 0.25) is 0 Å². The lowest BCUT2D eigenvalue weighted by Gasteiger charge is -2.25. The zero-order valence-corrected chi connectivity index (χ0v) is 16.9. The Hall–Kier alpha value is -2.22. The summed E-state index contributed by atoms with van der Waals surface area (Å²) in [5.41, 5.74) is 4.78. The standard InChI is InChI=1S/C20H25N7.ClH/c1-26-9-6-14-2-3-17(10-15(14)13-26)24-20-22-11-16-12-23-27(19(16)25-20)18-4-7-21-8-5-18;/h2-3,10-12,18,21H,4-9,13H2,1H3,(H,22,24,25);1H. The van der Waals surface area contributed by atoms with E-state index in [1.807, 2.05) is 12.4 Å². The molecule has 3 aromatic rings. The maximum Gasteiger partial charge on any atom is 0.229 e. The normalized spacial score (nSPS) is 17.9. The predicted octanol–water partition coefficient (Wildman–Crippen LogP) is 2.90. The average Bonchev–Trinajstić information content (AvgIpc) is 3.11. The first-order chi connectivity index (χ1) is 13.3. The Labute approximate surface area is 171 Å². The molecule has 4 heterocycles. The molecule has 1 saturated heterocycles. The Kier molecular flexibility index (Phi) is 5.48. The molecule has 2 N–H and O–H groups in total. The van der Waals surface area contributed by atoms with Gasteiger partial charge in [0.2, 0.25) is 5.95 Å². The lowest BCUT2D eigenvalue weighted by atomic mass is 9.99. The van der Waals surface area contributed by atoms with Gasteiger partial charge in [-0.3, -0.25) is 0 Å². The molecule has 0 amide bonds. The van der Waals surface area contributed by atoms with E-state index in [0.29, 0.717) is 12.0 Å². The van der Waals surface area contributed by atoms with Gasteiger partial charge in [0, 0.05) is 25.0 Å². The number of nitrogens with one attached hydrogen (secondary N) is 2. The summed E-state index contributed by atoms with van der Waals surface area (Å²) in [6.45, 7) is 4.19. The molecule has 0 atom stereocenters. The van der Waals surface area contributed by atoms with E-state index in [0.717, 1.165) is 62.2 Å². The number of piperidine rings is 1. The summed E-state index contributed by atoms with van der Waals surface area (Å²) in [4.78, 5) is 11.6. The highest BCUT2D eigenvalue weighted by molar-refractivity contribution is 5.85. The Morgan fingerprint density at radius 1 is 1.14 bits per heavy atom. The lowest BCUT2D eigenvalue weighted by molar-refractivity contribution is 0.313. The summed E-state index contributed by atoms with van der Waals surface area (Å²) in [5, 5.41) is 12.4. The average molecular weight is 400 g/mol. The van der Waals surface area contributed by atoms with Gasteiger partial charge in [0.05, 0.1) is 17.6 Å². The number of benzene rings is 1. The van der Waals surface area contributed by atoms with Gasteiger partial charge in [-0.15, -0.1) is 12.4 Å². The van der Waals surface area contributed by atoms with Crippen molar-refractivity contribution in [3.63, 3.8) is 0 Å². The van der Waals surface area contributed by atoms with Crippen LogP contribution in [0.4, 0.5) is 11.6 Å². The molecular formula is C20H26ClN7. The summed E-state index contributed by atoms with van der Waals surface area (Å²) in [5.74, 6) is 0.627. The predicted molar refractivity (Wildman–Crippen MR) is 113 cm³/mol. The van der Waals surface area contributed by atoms with E-state index in [4.69, 9.17) is 4.98 Å². The minimum Gasteiger partial charge on any atom is -0.324 e. The van der Waals surface area contributed by atoms with Crippen molar-refractivity contribution < 1.29 is 0 Å². The highest BCUT2D eigenvalue weighted by atomic mass is 35.5. The van der Waals surface area contributed by atoms with Gasteiger partial charge in [-0.05, 0) is 62.7 Å². The van der Waals surface area contributed by atoms with Crippen molar-refractivity contribution in [3.8, 4) is 0 Å². The zero-order valence-electron chi connectivity index (χ0n) is 16.1. The molecule has 2 aromatic heterocycles. The van der Waals surface area contributed by atoms with E-state index >= 15 is 0 Å². The number of anilines is 2. The van der Waals surface area contributed by atoms with Gasteiger partial charge in [-0.25, -0.2) is 9.67 Å². The van der Waals surface area contributed by atoms with Crippen LogP contribution in [0.25, 0.3) is 11.0 Å². The van der Waals surface area contributed by atoms with Crippen LogP contribution in [-0.2, 0) is 13.0 Å². The number of hydrogen-bond donors (Lipinski definition) is 2. The van der Waals surface area contributed by atoms with E-state index in [1.165, 1.54) is 11.1 Å². The highest BCUT2D eigenvalue weighted by Gasteiger charge is 2.19. The van der Waals surface area contributed by atoms with Crippen LogP contribution in [0, 0.1) is 0 Å². The summed E-state index contributed by atoms with van der Waals surface area (Å²) in [7, 11) is 2.17. The van der Waals surface area contributed by atoms with Crippen molar-refractivity contribution in [2.75, 3.05) is 32.0 Å². The van der Waals surface area contributed by atoms with E-state index in [1.54, 1.807) is 0 Å². The van der Waals surface area contributed by atoms with Crippen molar-refractivity contribution in [1.82, 2.24) is 30.0 Å². The van der Waals surface area contributed by atoms with E-state index in [9.17, 15) is 0 Å². The van der Waals surface area contributed by atoms with Gasteiger partial charge in [0.15, 0.2) is 5.65 Å². The van der Waals surface area contributed by atoms with Gasteiger partial charge in [-0.1, -0.05) is 6.07 Å². The molecule has 0 saturated carbocycles. The van der Waals surface area contributed by atoms with Crippen LogP contribution in [0.5, 0.6) is 0 Å².